The van der Waals surface area contributed by atoms with E-state index in [0.29, 0.717) is 12.5 Å². The molecule has 18 heavy (non-hydrogen) atoms. The zero-order valence-electron chi connectivity index (χ0n) is 11.1. The van der Waals surface area contributed by atoms with Crippen molar-refractivity contribution in [3.63, 3.8) is 0 Å². The first-order chi connectivity index (χ1) is 8.66. The Kier molecular flexibility index (Phi) is 4.37. The van der Waals surface area contributed by atoms with Gasteiger partial charge >= 0.3 is 0 Å². The number of nitrogens with two attached hydrogens (primary N) is 1. The van der Waals surface area contributed by atoms with Gasteiger partial charge in [0.15, 0.2) is 0 Å². The van der Waals surface area contributed by atoms with Crippen LogP contribution in [0.15, 0.2) is 24.3 Å². The molecule has 1 aromatic carbocycles. The van der Waals surface area contributed by atoms with Crippen molar-refractivity contribution in [1.82, 2.24) is 4.90 Å². The number of aryl methyl sites for hydroxylation is 1. The monoisotopic (exact) mass is 246 g/mol. The summed E-state index contributed by atoms with van der Waals surface area (Å²) in [7, 11) is 0. The van der Waals surface area contributed by atoms with Crippen LogP contribution < -0.4 is 5.73 Å². The molecule has 1 atom stereocenters. The molecule has 3 nitrogen and oxygen atoms in total. The molecule has 1 heterocycles. The summed E-state index contributed by atoms with van der Waals surface area (Å²) in [6.07, 6.45) is 3.48. The first kappa shape index (κ1) is 13.1. The summed E-state index contributed by atoms with van der Waals surface area (Å²) in [6.45, 7) is 4.55. The van der Waals surface area contributed by atoms with Crippen molar-refractivity contribution in [1.29, 1.82) is 0 Å². The highest BCUT2D eigenvalue weighted by Gasteiger charge is 2.20. The van der Waals surface area contributed by atoms with Gasteiger partial charge in [-0.05, 0) is 56.3 Å². The number of rotatable bonds is 3. The lowest BCUT2D eigenvalue weighted by atomic mass is 9.89. The third kappa shape index (κ3) is 3.33. The molecule has 1 saturated heterocycles. The van der Waals surface area contributed by atoms with E-state index in [1.54, 1.807) is 0 Å². The van der Waals surface area contributed by atoms with Gasteiger partial charge in [0.25, 0.3) is 0 Å². The van der Waals surface area contributed by atoms with E-state index in [0.717, 1.165) is 25.9 Å². The highest BCUT2D eigenvalue weighted by atomic mass is 16.1. The molecule has 0 bridgehead atoms. The number of amides is 1. The zero-order chi connectivity index (χ0) is 13.0. The fraction of sp³-hybridized carbons (Fsp3) is 0.533. The molecule has 2 N–H and O–H groups in total. The van der Waals surface area contributed by atoms with Gasteiger partial charge in [0.2, 0.25) is 5.91 Å². The van der Waals surface area contributed by atoms with Crippen LogP contribution in [0.3, 0.4) is 0 Å². The van der Waals surface area contributed by atoms with E-state index in [9.17, 15) is 4.79 Å². The van der Waals surface area contributed by atoms with Crippen molar-refractivity contribution in [3.05, 3.63) is 35.4 Å². The number of hydrogen-bond donors (Lipinski definition) is 1. The molecule has 2 rings (SSSR count). The number of carbonyl (C=O) groups excluding carboxylic acids is 1. The highest BCUT2D eigenvalue weighted by molar-refractivity contribution is 5.75. The van der Waals surface area contributed by atoms with Crippen molar-refractivity contribution in [3.8, 4) is 0 Å². The minimum Gasteiger partial charge on any atom is -0.369 e. The zero-order valence-corrected chi connectivity index (χ0v) is 11.1. The summed E-state index contributed by atoms with van der Waals surface area (Å²) in [6, 6.07) is 8.63. The normalized spacial score (nSPS) is 21.5. The lowest BCUT2D eigenvalue weighted by Crippen LogP contribution is -2.34. The lowest BCUT2D eigenvalue weighted by molar-refractivity contribution is -0.119. The van der Waals surface area contributed by atoms with Gasteiger partial charge in [-0.1, -0.05) is 24.3 Å². The number of nitrogens with zero attached hydrogens (tertiary/aromatic N) is 1. The van der Waals surface area contributed by atoms with Gasteiger partial charge < -0.3 is 5.73 Å². The molecule has 1 aliphatic rings. The molecule has 1 aromatic rings. The van der Waals surface area contributed by atoms with Gasteiger partial charge in [0.05, 0.1) is 6.54 Å². The second kappa shape index (κ2) is 6.01. The maximum Gasteiger partial charge on any atom is 0.231 e. The second-order valence-electron chi connectivity index (χ2n) is 5.23. The minimum atomic E-state index is -0.218. The fourth-order valence-electron chi connectivity index (χ4n) is 2.89. The van der Waals surface area contributed by atoms with E-state index in [-0.39, 0.29) is 5.91 Å². The van der Waals surface area contributed by atoms with Gasteiger partial charge in [-0.2, -0.15) is 0 Å². The number of hydrogen-bond acceptors (Lipinski definition) is 2. The van der Waals surface area contributed by atoms with Gasteiger partial charge in [-0.25, -0.2) is 0 Å². The topological polar surface area (TPSA) is 46.3 Å². The number of primary amides is 1. The van der Waals surface area contributed by atoms with E-state index in [1.807, 2.05) is 0 Å². The summed E-state index contributed by atoms with van der Waals surface area (Å²) < 4.78 is 0. The van der Waals surface area contributed by atoms with Crippen molar-refractivity contribution in [2.24, 2.45) is 5.73 Å². The Hall–Kier alpha value is -1.35. The van der Waals surface area contributed by atoms with E-state index in [1.165, 1.54) is 17.5 Å². The Bertz CT molecular complexity index is 417. The van der Waals surface area contributed by atoms with Crippen LogP contribution in [0.5, 0.6) is 0 Å². The van der Waals surface area contributed by atoms with Crippen LogP contribution in [0.4, 0.5) is 0 Å². The first-order valence-corrected chi connectivity index (χ1v) is 6.73. The van der Waals surface area contributed by atoms with E-state index < -0.39 is 0 Å². The number of carbonyl (C=O) groups is 1. The molecule has 0 spiro atoms. The predicted octanol–water partition coefficient (Wildman–Crippen LogP) is 2.05. The SMILES string of the molecule is Cc1ccccc1C1CCCN(CC(N)=O)CC1. The largest absolute Gasteiger partial charge is 0.369 e. The highest BCUT2D eigenvalue weighted by Crippen LogP contribution is 2.29. The average Bonchev–Trinajstić information content (AvgIpc) is 2.55. The number of likely N-dealkylation sites (tertiary alicyclic amines) is 1. The van der Waals surface area contributed by atoms with Crippen LogP contribution >= 0.6 is 0 Å². The summed E-state index contributed by atoms with van der Waals surface area (Å²) in [5.41, 5.74) is 8.11. The van der Waals surface area contributed by atoms with Crippen LogP contribution in [0.1, 0.15) is 36.3 Å². The molecule has 98 valence electrons. The minimum absolute atomic E-state index is 0.218. The van der Waals surface area contributed by atoms with E-state index >= 15 is 0 Å². The average molecular weight is 246 g/mol. The second-order valence-corrected chi connectivity index (χ2v) is 5.23. The third-order valence-electron chi connectivity index (χ3n) is 3.83. The van der Waals surface area contributed by atoms with E-state index in [4.69, 9.17) is 5.73 Å². The summed E-state index contributed by atoms with van der Waals surface area (Å²) >= 11 is 0. The Morgan fingerprint density at radius 2 is 2.11 bits per heavy atom. The molecule has 0 saturated carbocycles. The van der Waals surface area contributed by atoms with Crippen LogP contribution in [0.25, 0.3) is 0 Å². The van der Waals surface area contributed by atoms with Crippen molar-refractivity contribution in [2.45, 2.75) is 32.1 Å². The standard InChI is InChI=1S/C15H22N2O/c1-12-5-2-3-7-14(12)13-6-4-9-17(10-8-13)11-15(16)18/h2-3,5,7,13H,4,6,8-11H2,1H3,(H2,16,18). The molecule has 1 fully saturated rings. The molecular formula is C15H22N2O. The van der Waals surface area contributed by atoms with Crippen molar-refractivity contribution >= 4 is 5.91 Å². The first-order valence-electron chi connectivity index (χ1n) is 6.73. The summed E-state index contributed by atoms with van der Waals surface area (Å²) in [5.74, 6) is 0.411. The van der Waals surface area contributed by atoms with Gasteiger partial charge in [0, 0.05) is 0 Å². The molecule has 0 radical (unpaired) electrons. The Morgan fingerprint density at radius 1 is 1.33 bits per heavy atom. The van der Waals surface area contributed by atoms with Crippen molar-refractivity contribution in [2.75, 3.05) is 19.6 Å². The van der Waals surface area contributed by atoms with E-state index in [2.05, 4.69) is 36.1 Å². The fourth-order valence-corrected chi connectivity index (χ4v) is 2.89. The molecule has 0 aliphatic carbocycles. The predicted molar refractivity (Wildman–Crippen MR) is 73.4 cm³/mol. The van der Waals surface area contributed by atoms with Crippen molar-refractivity contribution < 1.29 is 4.79 Å². The maximum atomic E-state index is 11.0. The van der Waals surface area contributed by atoms with Crippen LogP contribution in [-0.4, -0.2) is 30.4 Å². The molecular weight excluding hydrogens is 224 g/mol. The summed E-state index contributed by atoms with van der Waals surface area (Å²) in [5, 5.41) is 0. The lowest BCUT2D eigenvalue weighted by Gasteiger charge is -2.19. The van der Waals surface area contributed by atoms with Gasteiger partial charge in [0.1, 0.15) is 0 Å². The smallest absolute Gasteiger partial charge is 0.231 e. The third-order valence-corrected chi connectivity index (χ3v) is 3.83. The van der Waals surface area contributed by atoms with Gasteiger partial charge in [-0.15, -0.1) is 0 Å². The molecule has 0 aromatic heterocycles. The molecule has 1 amide bonds. The van der Waals surface area contributed by atoms with Crippen LogP contribution in [-0.2, 0) is 4.79 Å². The molecule has 1 unspecified atom stereocenters. The molecule has 1 aliphatic heterocycles. The summed E-state index contributed by atoms with van der Waals surface area (Å²) in [4.78, 5) is 13.1. The Labute approximate surface area is 109 Å². The Morgan fingerprint density at radius 3 is 2.83 bits per heavy atom. The maximum absolute atomic E-state index is 11.0. The van der Waals surface area contributed by atoms with Gasteiger partial charge in [-0.3, -0.25) is 9.69 Å². The van der Waals surface area contributed by atoms with Crippen LogP contribution in [0, 0.1) is 6.92 Å². The Balaban J connectivity index is 2.01. The molecule has 3 heteroatoms. The number of benzene rings is 1. The quantitative estimate of drug-likeness (QED) is 0.887. The van der Waals surface area contributed by atoms with Crippen LogP contribution in [0.2, 0.25) is 0 Å².